The van der Waals surface area contributed by atoms with Crippen molar-refractivity contribution in [2.45, 2.75) is 19.4 Å². The molecule has 0 atom stereocenters. The highest BCUT2D eigenvalue weighted by Gasteiger charge is 2.20. The molecule has 90 valence electrons. The lowest BCUT2D eigenvalue weighted by molar-refractivity contribution is 0.0697. The van der Waals surface area contributed by atoms with Crippen LogP contribution in [0.15, 0.2) is 24.4 Å². The van der Waals surface area contributed by atoms with Crippen LogP contribution in [0.3, 0.4) is 0 Å². The van der Waals surface area contributed by atoms with Crippen LogP contribution in [0.4, 0.5) is 8.78 Å². The Kier molecular flexibility index (Phi) is 2.71. The molecule has 0 radical (unpaired) electrons. The first-order chi connectivity index (χ1) is 7.88. The van der Waals surface area contributed by atoms with Crippen LogP contribution >= 0.6 is 0 Å². The molecule has 0 amide bonds. The Morgan fingerprint density at radius 3 is 2.53 bits per heavy atom. The Hall–Kier alpha value is -1.75. The average molecular weight is 238 g/mol. The van der Waals surface area contributed by atoms with E-state index in [1.165, 1.54) is 18.3 Å². The third kappa shape index (κ3) is 2.34. The SMILES string of the molecule is CC(C)(O)c1ncc(-c2ccc(F)cc2F)[nH]1. The van der Waals surface area contributed by atoms with Crippen molar-refractivity contribution in [2.24, 2.45) is 0 Å². The predicted octanol–water partition coefficient (Wildman–Crippen LogP) is 2.58. The summed E-state index contributed by atoms with van der Waals surface area (Å²) in [5.74, 6) is -0.972. The number of hydrogen-bond acceptors (Lipinski definition) is 2. The Morgan fingerprint density at radius 1 is 1.29 bits per heavy atom. The van der Waals surface area contributed by atoms with Gasteiger partial charge in [0.05, 0.1) is 11.9 Å². The van der Waals surface area contributed by atoms with Crippen LogP contribution in [0, 0.1) is 11.6 Å². The lowest BCUT2D eigenvalue weighted by atomic mass is 10.1. The van der Waals surface area contributed by atoms with Crippen molar-refractivity contribution < 1.29 is 13.9 Å². The van der Waals surface area contributed by atoms with Gasteiger partial charge < -0.3 is 10.1 Å². The molecule has 0 aliphatic rings. The maximum Gasteiger partial charge on any atom is 0.138 e. The van der Waals surface area contributed by atoms with Gasteiger partial charge in [-0.3, -0.25) is 0 Å². The van der Waals surface area contributed by atoms with Crippen LogP contribution in [0.2, 0.25) is 0 Å². The van der Waals surface area contributed by atoms with Crippen molar-refractivity contribution in [3.8, 4) is 11.3 Å². The third-order valence-electron chi connectivity index (χ3n) is 2.38. The number of rotatable bonds is 2. The summed E-state index contributed by atoms with van der Waals surface area (Å²) < 4.78 is 26.2. The number of aromatic amines is 1. The fraction of sp³-hybridized carbons (Fsp3) is 0.250. The van der Waals surface area contributed by atoms with Crippen molar-refractivity contribution in [3.63, 3.8) is 0 Å². The topological polar surface area (TPSA) is 48.9 Å². The summed E-state index contributed by atoms with van der Waals surface area (Å²) in [4.78, 5) is 6.77. The first-order valence-corrected chi connectivity index (χ1v) is 5.11. The predicted molar refractivity (Wildman–Crippen MR) is 59.2 cm³/mol. The summed E-state index contributed by atoms with van der Waals surface area (Å²) in [5, 5.41) is 9.72. The maximum atomic E-state index is 13.5. The molecule has 0 aliphatic heterocycles. The number of hydrogen-bond donors (Lipinski definition) is 2. The van der Waals surface area contributed by atoms with Gasteiger partial charge in [0.1, 0.15) is 23.1 Å². The molecule has 0 saturated heterocycles. The van der Waals surface area contributed by atoms with E-state index in [0.29, 0.717) is 11.5 Å². The van der Waals surface area contributed by atoms with Crippen LogP contribution < -0.4 is 0 Å². The zero-order chi connectivity index (χ0) is 12.6. The molecule has 0 unspecified atom stereocenters. The van der Waals surface area contributed by atoms with Crippen LogP contribution in [0.25, 0.3) is 11.3 Å². The molecule has 0 spiro atoms. The summed E-state index contributed by atoms with van der Waals surface area (Å²) in [7, 11) is 0. The maximum absolute atomic E-state index is 13.5. The van der Waals surface area contributed by atoms with Crippen LogP contribution in [0.1, 0.15) is 19.7 Å². The molecule has 0 aliphatic carbocycles. The smallest absolute Gasteiger partial charge is 0.138 e. The molecule has 2 aromatic rings. The van der Waals surface area contributed by atoms with Gasteiger partial charge in [0.15, 0.2) is 0 Å². The number of benzene rings is 1. The number of imidazole rings is 1. The van der Waals surface area contributed by atoms with Gasteiger partial charge in [0.2, 0.25) is 0 Å². The van der Waals surface area contributed by atoms with Gasteiger partial charge in [0, 0.05) is 11.6 Å². The van der Waals surface area contributed by atoms with E-state index in [4.69, 9.17) is 0 Å². The normalized spacial score (nSPS) is 11.8. The summed E-state index contributed by atoms with van der Waals surface area (Å²) in [6, 6.07) is 3.30. The minimum atomic E-state index is -1.13. The van der Waals surface area contributed by atoms with E-state index in [2.05, 4.69) is 9.97 Å². The molecule has 1 aromatic carbocycles. The Balaban J connectivity index is 2.44. The van der Waals surface area contributed by atoms with E-state index < -0.39 is 17.2 Å². The highest BCUT2D eigenvalue weighted by molar-refractivity contribution is 5.59. The molecule has 2 rings (SSSR count). The second-order valence-electron chi connectivity index (χ2n) is 4.33. The monoisotopic (exact) mass is 238 g/mol. The minimum Gasteiger partial charge on any atom is -0.383 e. The Labute approximate surface area is 97.1 Å². The second-order valence-corrected chi connectivity index (χ2v) is 4.33. The van der Waals surface area contributed by atoms with Crippen LogP contribution in [-0.4, -0.2) is 15.1 Å². The molecule has 0 bridgehead atoms. The van der Waals surface area contributed by atoms with Crippen LogP contribution in [0.5, 0.6) is 0 Å². The zero-order valence-corrected chi connectivity index (χ0v) is 9.46. The molecule has 17 heavy (non-hydrogen) atoms. The first-order valence-electron chi connectivity index (χ1n) is 5.11. The standard InChI is InChI=1S/C12H12F2N2O/c1-12(2,17)11-15-6-10(16-11)8-4-3-7(13)5-9(8)14/h3-6,17H,1-2H3,(H,15,16). The fourth-order valence-electron chi connectivity index (χ4n) is 1.48. The molecule has 1 heterocycles. The van der Waals surface area contributed by atoms with Gasteiger partial charge in [-0.15, -0.1) is 0 Å². The molecule has 5 heteroatoms. The molecular weight excluding hydrogens is 226 g/mol. The van der Waals surface area contributed by atoms with Gasteiger partial charge in [-0.05, 0) is 26.0 Å². The van der Waals surface area contributed by atoms with E-state index in [-0.39, 0.29) is 5.56 Å². The zero-order valence-electron chi connectivity index (χ0n) is 9.46. The van der Waals surface area contributed by atoms with E-state index in [9.17, 15) is 13.9 Å². The summed E-state index contributed by atoms with van der Waals surface area (Å²) in [6.45, 7) is 3.13. The van der Waals surface area contributed by atoms with Gasteiger partial charge >= 0.3 is 0 Å². The highest BCUT2D eigenvalue weighted by Crippen LogP contribution is 2.24. The van der Waals surface area contributed by atoms with Crippen molar-refractivity contribution in [1.82, 2.24) is 9.97 Å². The molecule has 1 aromatic heterocycles. The van der Waals surface area contributed by atoms with Crippen molar-refractivity contribution in [2.75, 3.05) is 0 Å². The molecule has 2 N–H and O–H groups in total. The quantitative estimate of drug-likeness (QED) is 0.844. The lowest BCUT2D eigenvalue weighted by Gasteiger charge is -2.13. The summed E-state index contributed by atoms with van der Waals surface area (Å²) in [5.41, 5.74) is -0.511. The molecule has 0 saturated carbocycles. The Morgan fingerprint density at radius 2 is 2.00 bits per heavy atom. The van der Waals surface area contributed by atoms with E-state index in [1.807, 2.05) is 0 Å². The van der Waals surface area contributed by atoms with Gasteiger partial charge in [-0.25, -0.2) is 13.8 Å². The van der Waals surface area contributed by atoms with Crippen molar-refractivity contribution in [3.05, 3.63) is 41.9 Å². The highest BCUT2D eigenvalue weighted by atomic mass is 19.1. The number of aliphatic hydroxyl groups is 1. The average Bonchev–Trinajstić information content (AvgIpc) is 2.65. The fourth-order valence-corrected chi connectivity index (χ4v) is 1.48. The lowest BCUT2D eigenvalue weighted by Crippen LogP contribution is -2.17. The van der Waals surface area contributed by atoms with Crippen molar-refractivity contribution in [1.29, 1.82) is 0 Å². The van der Waals surface area contributed by atoms with Crippen LogP contribution in [-0.2, 0) is 5.60 Å². The first kappa shape index (κ1) is 11.7. The van der Waals surface area contributed by atoms with E-state index >= 15 is 0 Å². The van der Waals surface area contributed by atoms with Gasteiger partial charge in [0.25, 0.3) is 0 Å². The number of halogens is 2. The minimum absolute atomic E-state index is 0.217. The number of nitrogens with zero attached hydrogens (tertiary/aromatic N) is 1. The molecular formula is C12H12F2N2O. The van der Waals surface area contributed by atoms with E-state index in [0.717, 1.165) is 6.07 Å². The molecule has 3 nitrogen and oxygen atoms in total. The number of H-pyrrole nitrogens is 1. The number of aromatic nitrogens is 2. The Bertz CT molecular complexity index is 544. The largest absolute Gasteiger partial charge is 0.383 e. The number of nitrogens with one attached hydrogen (secondary N) is 1. The van der Waals surface area contributed by atoms with Crippen molar-refractivity contribution >= 4 is 0 Å². The molecule has 0 fully saturated rings. The van der Waals surface area contributed by atoms with E-state index in [1.54, 1.807) is 13.8 Å². The second kappa shape index (κ2) is 3.92. The third-order valence-corrected chi connectivity index (χ3v) is 2.38. The summed E-state index contributed by atoms with van der Waals surface area (Å²) >= 11 is 0. The van der Waals surface area contributed by atoms with Gasteiger partial charge in [-0.2, -0.15) is 0 Å². The van der Waals surface area contributed by atoms with Gasteiger partial charge in [-0.1, -0.05) is 0 Å². The summed E-state index contributed by atoms with van der Waals surface area (Å²) in [6.07, 6.45) is 1.41.